The maximum absolute atomic E-state index is 10.9. The third-order valence-electron chi connectivity index (χ3n) is 6.84. The number of unbranched alkanes of at least 4 members (excludes halogenated alkanes) is 22. The SMILES string of the molecule is C=CC(=O)OCCCCCCCCCCCCCCCCCCCCCCCCCC(C)C. The second-order valence-corrected chi connectivity index (χ2v) is 10.7. The highest BCUT2D eigenvalue weighted by Crippen LogP contribution is 2.16. The molecule has 0 amide bonds. The van der Waals surface area contributed by atoms with Crippen LogP contribution in [0.1, 0.15) is 168 Å². The van der Waals surface area contributed by atoms with Crippen LogP contribution < -0.4 is 0 Å². The number of carbonyl (C=O) groups excluding carboxylic acids is 1. The van der Waals surface area contributed by atoms with E-state index in [4.69, 9.17) is 4.74 Å². The topological polar surface area (TPSA) is 26.3 Å². The van der Waals surface area contributed by atoms with Crippen LogP contribution in [0, 0.1) is 5.92 Å². The molecule has 0 aromatic carbocycles. The number of hydrogen-bond donors (Lipinski definition) is 0. The summed E-state index contributed by atoms with van der Waals surface area (Å²) in [4.78, 5) is 10.9. The smallest absolute Gasteiger partial charge is 0.330 e. The summed E-state index contributed by atoms with van der Waals surface area (Å²) in [7, 11) is 0. The van der Waals surface area contributed by atoms with Crippen molar-refractivity contribution >= 4 is 5.97 Å². The van der Waals surface area contributed by atoms with Crippen molar-refractivity contribution in [1.29, 1.82) is 0 Å². The first-order valence-electron chi connectivity index (χ1n) is 15.0. The average Bonchev–Trinajstić information content (AvgIpc) is 2.80. The second kappa shape index (κ2) is 27.5. The summed E-state index contributed by atoms with van der Waals surface area (Å²) in [5.74, 6) is 0.589. The molecule has 2 nitrogen and oxygen atoms in total. The van der Waals surface area contributed by atoms with Gasteiger partial charge in [-0.25, -0.2) is 4.79 Å². The quantitative estimate of drug-likeness (QED) is 0.0686. The molecule has 0 fully saturated rings. The van der Waals surface area contributed by atoms with Gasteiger partial charge in [0.05, 0.1) is 6.61 Å². The molecule has 0 aliphatic heterocycles. The lowest BCUT2D eigenvalue weighted by atomic mass is 10.0. The van der Waals surface area contributed by atoms with Crippen LogP contribution in [-0.2, 0) is 9.53 Å². The van der Waals surface area contributed by atoms with Crippen LogP contribution in [0.3, 0.4) is 0 Å². The van der Waals surface area contributed by atoms with Crippen LogP contribution in [-0.4, -0.2) is 12.6 Å². The third-order valence-corrected chi connectivity index (χ3v) is 6.84. The minimum Gasteiger partial charge on any atom is -0.463 e. The Hall–Kier alpha value is -0.790. The average molecular weight is 465 g/mol. The Balaban J connectivity index is 3.04. The molecule has 0 heterocycles. The van der Waals surface area contributed by atoms with Gasteiger partial charge >= 0.3 is 5.97 Å². The minimum atomic E-state index is -0.297. The van der Waals surface area contributed by atoms with Gasteiger partial charge in [-0.1, -0.05) is 168 Å². The van der Waals surface area contributed by atoms with Crippen molar-refractivity contribution in [3.8, 4) is 0 Å². The Bertz CT molecular complexity index is 402. The summed E-state index contributed by atoms with van der Waals surface area (Å²) in [5, 5.41) is 0. The van der Waals surface area contributed by atoms with Crippen LogP contribution in [0.5, 0.6) is 0 Å². The van der Waals surface area contributed by atoms with Crippen LogP contribution in [0.2, 0.25) is 0 Å². The molecular formula is C31H60O2. The van der Waals surface area contributed by atoms with Crippen LogP contribution >= 0.6 is 0 Å². The molecule has 0 radical (unpaired) electrons. The van der Waals surface area contributed by atoms with E-state index >= 15 is 0 Å². The zero-order valence-electron chi connectivity index (χ0n) is 22.9. The first-order chi connectivity index (χ1) is 16.2. The predicted octanol–water partition coefficient (Wildman–Crippen LogP) is 10.7. The van der Waals surface area contributed by atoms with E-state index in [2.05, 4.69) is 20.4 Å². The zero-order valence-corrected chi connectivity index (χ0v) is 22.9. The molecule has 2 heteroatoms. The fourth-order valence-electron chi connectivity index (χ4n) is 4.60. The monoisotopic (exact) mass is 464 g/mol. The molecule has 0 aromatic heterocycles. The number of ether oxygens (including phenoxy) is 1. The van der Waals surface area contributed by atoms with Crippen molar-refractivity contribution in [1.82, 2.24) is 0 Å². The molecule has 0 unspecified atom stereocenters. The van der Waals surface area contributed by atoms with Crippen molar-refractivity contribution in [2.45, 2.75) is 168 Å². The largest absolute Gasteiger partial charge is 0.463 e. The highest BCUT2D eigenvalue weighted by Gasteiger charge is 1.98. The normalized spacial score (nSPS) is 11.2. The van der Waals surface area contributed by atoms with E-state index < -0.39 is 0 Å². The van der Waals surface area contributed by atoms with Gasteiger partial charge in [0.25, 0.3) is 0 Å². The molecular weight excluding hydrogens is 404 g/mol. The Morgan fingerprint density at radius 3 is 1.09 bits per heavy atom. The Morgan fingerprint density at radius 2 is 0.818 bits per heavy atom. The lowest BCUT2D eigenvalue weighted by molar-refractivity contribution is -0.137. The first-order valence-corrected chi connectivity index (χ1v) is 15.0. The standard InChI is InChI=1S/C31H60O2/c1-4-31(32)33-29-27-25-23-21-19-17-15-13-11-9-7-5-6-8-10-12-14-16-18-20-22-24-26-28-30(2)3/h4,30H,1,5-29H2,2-3H3. The first kappa shape index (κ1) is 32.2. The van der Waals surface area contributed by atoms with Crippen molar-refractivity contribution in [3.63, 3.8) is 0 Å². The second-order valence-electron chi connectivity index (χ2n) is 10.7. The number of hydrogen-bond acceptors (Lipinski definition) is 2. The molecule has 0 saturated carbocycles. The van der Waals surface area contributed by atoms with Gasteiger partial charge in [-0.15, -0.1) is 0 Å². The Morgan fingerprint density at radius 1 is 0.545 bits per heavy atom. The van der Waals surface area contributed by atoms with Crippen molar-refractivity contribution < 1.29 is 9.53 Å². The highest BCUT2D eigenvalue weighted by atomic mass is 16.5. The van der Waals surface area contributed by atoms with Gasteiger partial charge in [-0.3, -0.25) is 0 Å². The van der Waals surface area contributed by atoms with E-state index in [1.165, 1.54) is 154 Å². The van der Waals surface area contributed by atoms with Gasteiger partial charge in [-0.2, -0.15) is 0 Å². The summed E-state index contributed by atoms with van der Waals surface area (Å²) < 4.78 is 4.99. The van der Waals surface area contributed by atoms with Gasteiger partial charge in [0.2, 0.25) is 0 Å². The van der Waals surface area contributed by atoms with Gasteiger partial charge < -0.3 is 4.74 Å². The van der Waals surface area contributed by atoms with Gasteiger partial charge in [0, 0.05) is 6.08 Å². The van der Waals surface area contributed by atoms with E-state index in [0.29, 0.717) is 6.61 Å². The van der Waals surface area contributed by atoms with Crippen molar-refractivity contribution in [3.05, 3.63) is 12.7 Å². The van der Waals surface area contributed by atoms with E-state index in [0.717, 1.165) is 12.3 Å². The Labute approximate surface area is 208 Å². The van der Waals surface area contributed by atoms with Gasteiger partial charge in [0.15, 0.2) is 0 Å². The third kappa shape index (κ3) is 29.2. The summed E-state index contributed by atoms with van der Waals surface area (Å²) in [5.41, 5.74) is 0. The summed E-state index contributed by atoms with van der Waals surface area (Å²) in [6, 6.07) is 0. The molecule has 0 rings (SSSR count). The van der Waals surface area contributed by atoms with E-state index in [-0.39, 0.29) is 5.97 Å². The molecule has 33 heavy (non-hydrogen) atoms. The molecule has 0 N–H and O–H groups in total. The Kier molecular flexibility index (Phi) is 26.8. The number of esters is 1. The fourth-order valence-corrected chi connectivity index (χ4v) is 4.60. The van der Waals surface area contributed by atoms with Crippen LogP contribution in [0.4, 0.5) is 0 Å². The number of carbonyl (C=O) groups is 1. The fraction of sp³-hybridized carbons (Fsp3) is 0.903. The van der Waals surface area contributed by atoms with E-state index in [1.807, 2.05) is 0 Å². The molecule has 0 aliphatic rings. The molecule has 0 bridgehead atoms. The lowest BCUT2D eigenvalue weighted by Crippen LogP contribution is -2.01. The van der Waals surface area contributed by atoms with E-state index in [9.17, 15) is 4.79 Å². The molecule has 196 valence electrons. The summed E-state index contributed by atoms with van der Waals surface area (Å²) in [6.45, 7) is 8.62. The molecule has 0 atom stereocenters. The molecule has 0 spiro atoms. The molecule has 0 aliphatic carbocycles. The maximum atomic E-state index is 10.9. The summed E-state index contributed by atoms with van der Waals surface area (Å²) in [6.07, 6.45) is 34.9. The zero-order chi connectivity index (χ0) is 24.2. The van der Waals surface area contributed by atoms with Crippen LogP contribution in [0.15, 0.2) is 12.7 Å². The predicted molar refractivity (Wildman–Crippen MR) is 147 cm³/mol. The van der Waals surface area contributed by atoms with Crippen molar-refractivity contribution in [2.75, 3.05) is 6.61 Å². The number of rotatable bonds is 27. The summed E-state index contributed by atoms with van der Waals surface area (Å²) >= 11 is 0. The maximum Gasteiger partial charge on any atom is 0.330 e. The molecule has 0 aromatic rings. The van der Waals surface area contributed by atoms with Crippen LogP contribution in [0.25, 0.3) is 0 Å². The van der Waals surface area contributed by atoms with E-state index in [1.54, 1.807) is 0 Å². The minimum absolute atomic E-state index is 0.297. The van der Waals surface area contributed by atoms with Crippen molar-refractivity contribution in [2.24, 2.45) is 5.92 Å². The highest BCUT2D eigenvalue weighted by molar-refractivity contribution is 5.81. The van der Waals surface area contributed by atoms with Gasteiger partial charge in [-0.05, 0) is 12.3 Å². The van der Waals surface area contributed by atoms with Gasteiger partial charge in [0.1, 0.15) is 0 Å². The lowest BCUT2D eigenvalue weighted by Gasteiger charge is -2.05. The molecule has 0 saturated heterocycles.